The first-order valence-electron chi connectivity index (χ1n) is 0.913. The summed E-state index contributed by atoms with van der Waals surface area (Å²) >= 11 is 0. The number of phosphoric acid groups is 1. The Morgan fingerprint density at radius 3 is 1.62 bits per heavy atom. The molecule has 0 aromatic heterocycles. The Kier molecular flexibility index (Phi) is 12.5. The van der Waals surface area contributed by atoms with Crippen LogP contribution in [0.2, 0.25) is 0 Å². The molecular formula is HFeMnO5P. The molecule has 0 aromatic carbocycles. The average Bonchev–Trinajstić information content (AvgIpc) is 1.35. The SMILES string of the molecule is O=P([O-])([O-])OO.[Fe+2].[Mn]. The summed E-state index contributed by atoms with van der Waals surface area (Å²) in [6, 6.07) is 0. The molecule has 0 rings (SSSR count). The molecule has 1 N–H and O–H groups in total. The minimum absolute atomic E-state index is 0. The molecule has 8 heteroatoms. The molecule has 5 nitrogen and oxygen atoms in total. The average molecular weight is 223 g/mol. The maximum Gasteiger partial charge on any atom is 2.00 e. The van der Waals surface area contributed by atoms with Gasteiger partial charge in [-0.1, -0.05) is 0 Å². The Balaban J connectivity index is -0.000000125. The van der Waals surface area contributed by atoms with Gasteiger partial charge in [0, 0.05) is 17.1 Å². The molecule has 0 aliphatic rings. The van der Waals surface area contributed by atoms with Crippen molar-refractivity contribution in [1.29, 1.82) is 0 Å². The van der Waals surface area contributed by atoms with Crippen molar-refractivity contribution in [2.24, 2.45) is 0 Å². The van der Waals surface area contributed by atoms with Crippen molar-refractivity contribution in [2.45, 2.75) is 0 Å². The van der Waals surface area contributed by atoms with Crippen LogP contribution in [-0.4, -0.2) is 5.26 Å². The fourth-order valence-corrected chi connectivity index (χ4v) is 0. The van der Waals surface area contributed by atoms with Gasteiger partial charge in [0.1, 0.15) is 0 Å². The topological polar surface area (TPSA) is 92.7 Å². The van der Waals surface area contributed by atoms with E-state index in [2.05, 4.69) is 4.67 Å². The van der Waals surface area contributed by atoms with Gasteiger partial charge in [-0.2, -0.15) is 0 Å². The van der Waals surface area contributed by atoms with Crippen molar-refractivity contribution in [3.05, 3.63) is 0 Å². The van der Waals surface area contributed by atoms with Gasteiger partial charge in [0.05, 0.1) is 7.82 Å². The van der Waals surface area contributed by atoms with Crippen molar-refractivity contribution in [1.82, 2.24) is 0 Å². The summed E-state index contributed by atoms with van der Waals surface area (Å²) in [5.41, 5.74) is 0. The normalized spacial score (nSPS) is 8.88. The summed E-state index contributed by atoms with van der Waals surface area (Å²) in [5.74, 6) is 0. The predicted molar refractivity (Wildman–Crippen MR) is 11.3 cm³/mol. The van der Waals surface area contributed by atoms with Gasteiger partial charge in [-0.15, -0.1) is 0 Å². The van der Waals surface area contributed by atoms with Gasteiger partial charge in [-0.3, -0.25) is 0 Å². The third-order valence-corrected chi connectivity index (χ3v) is 0.300. The van der Waals surface area contributed by atoms with Crippen molar-refractivity contribution in [3.63, 3.8) is 0 Å². The summed E-state index contributed by atoms with van der Waals surface area (Å²) in [5, 5.41) is 7.01. The third kappa shape index (κ3) is 15.7. The molecule has 8 heavy (non-hydrogen) atoms. The molecule has 0 spiro atoms. The Morgan fingerprint density at radius 1 is 1.50 bits per heavy atom. The van der Waals surface area contributed by atoms with Gasteiger partial charge in [0.2, 0.25) is 0 Å². The van der Waals surface area contributed by atoms with Crippen LogP contribution in [-0.2, 0) is 43.4 Å². The third-order valence-electron chi connectivity index (χ3n) is 0.100. The quantitative estimate of drug-likeness (QED) is 0.247. The minimum Gasteiger partial charge on any atom is -0.788 e. The molecule has 51 valence electrons. The summed E-state index contributed by atoms with van der Waals surface area (Å²) in [7, 11) is -5.09. The van der Waals surface area contributed by atoms with Crippen LogP contribution in [0.3, 0.4) is 0 Å². The summed E-state index contributed by atoms with van der Waals surface area (Å²) in [6.07, 6.45) is 0. The standard InChI is InChI=1S/Fe.Mn.H3O5P/c;;1-5-6(2,3)4/h;;1H,(H2,2,3,4)/q+2;;/p-2. The van der Waals surface area contributed by atoms with Crippen LogP contribution in [0.1, 0.15) is 0 Å². The summed E-state index contributed by atoms with van der Waals surface area (Å²) in [6.45, 7) is 0. The summed E-state index contributed by atoms with van der Waals surface area (Å²) < 4.78 is 11.4. The van der Waals surface area contributed by atoms with Gasteiger partial charge in [-0.05, 0) is 0 Å². The van der Waals surface area contributed by atoms with E-state index in [1.54, 1.807) is 0 Å². The van der Waals surface area contributed by atoms with Crippen LogP contribution < -0.4 is 9.79 Å². The first kappa shape index (κ1) is 16.0. The van der Waals surface area contributed by atoms with Crippen molar-refractivity contribution in [3.8, 4) is 0 Å². The van der Waals surface area contributed by atoms with E-state index in [0.29, 0.717) is 0 Å². The Morgan fingerprint density at radius 2 is 1.62 bits per heavy atom. The van der Waals surface area contributed by atoms with Crippen LogP contribution in [0.4, 0.5) is 0 Å². The number of hydrogen-bond acceptors (Lipinski definition) is 5. The zero-order valence-corrected chi connectivity index (χ0v) is 6.44. The zero-order valence-electron chi connectivity index (χ0n) is 3.26. The molecule has 0 aromatic rings. The van der Waals surface area contributed by atoms with Crippen LogP contribution in [0.5, 0.6) is 0 Å². The maximum absolute atomic E-state index is 9.00. The minimum atomic E-state index is -5.09. The van der Waals surface area contributed by atoms with E-state index in [9.17, 15) is 0 Å². The Bertz CT molecular complexity index is 76.5. The predicted octanol–water partition coefficient (Wildman–Crippen LogP) is -1.70. The van der Waals surface area contributed by atoms with Crippen LogP contribution >= 0.6 is 7.82 Å². The van der Waals surface area contributed by atoms with Gasteiger partial charge in [0.25, 0.3) is 0 Å². The molecule has 0 bridgehead atoms. The fourth-order valence-electron chi connectivity index (χ4n) is 0. The van der Waals surface area contributed by atoms with Gasteiger partial charge >= 0.3 is 17.1 Å². The van der Waals surface area contributed by atoms with Crippen LogP contribution in [0.15, 0.2) is 0 Å². The van der Waals surface area contributed by atoms with E-state index in [-0.39, 0.29) is 34.1 Å². The molecule has 0 saturated carbocycles. The monoisotopic (exact) mass is 223 g/mol. The summed E-state index contributed by atoms with van der Waals surface area (Å²) in [4.78, 5) is 18.0. The second-order valence-corrected chi connectivity index (χ2v) is 1.59. The zero-order chi connectivity index (χ0) is 5.21. The molecule has 0 atom stereocenters. The van der Waals surface area contributed by atoms with Crippen LogP contribution in [0, 0.1) is 0 Å². The Labute approximate surface area is 66.5 Å². The second-order valence-electron chi connectivity index (χ2n) is 0.529. The van der Waals surface area contributed by atoms with E-state index in [1.165, 1.54) is 0 Å². The van der Waals surface area contributed by atoms with Crippen molar-refractivity contribution >= 4 is 7.82 Å². The van der Waals surface area contributed by atoms with Crippen molar-refractivity contribution < 1.29 is 58.4 Å². The molecular weight excluding hydrogens is 222 g/mol. The fraction of sp³-hybridized carbons (Fsp3) is 0. The van der Waals surface area contributed by atoms with E-state index in [0.717, 1.165) is 0 Å². The molecule has 0 amide bonds. The van der Waals surface area contributed by atoms with Gasteiger partial charge in [0.15, 0.2) is 0 Å². The van der Waals surface area contributed by atoms with Crippen LogP contribution in [0.25, 0.3) is 0 Å². The second kappa shape index (κ2) is 6.23. The maximum atomic E-state index is 9.00. The first-order chi connectivity index (χ1) is 2.56. The molecule has 0 aliphatic carbocycles. The smallest absolute Gasteiger partial charge is 0.788 e. The number of rotatable bonds is 1. The first-order valence-corrected chi connectivity index (χ1v) is 2.37. The van der Waals surface area contributed by atoms with E-state index < -0.39 is 7.82 Å². The Hall–Kier alpha value is 1.11. The largest absolute Gasteiger partial charge is 2.00 e. The van der Waals surface area contributed by atoms with E-state index in [4.69, 9.17) is 19.6 Å². The molecule has 0 fully saturated rings. The van der Waals surface area contributed by atoms with E-state index >= 15 is 0 Å². The van der Waals surface area contributed by atoms with Gasteiger partial charge in [-0.25, -0.2) is 9.93 Å². The number of hydrogen-bond donors (Lipinski definition) is 1. The molecule has 0 heterocycles. The molecule has 0 unspecified atom stereocenters. The van der Waals surface area contributed by atoms with Gasteiger partial charge < -0.3 is 14.4 Å². The molecule has 0 saturated heterocycles. The molecule has 0 aliphatic heterocycles. The van der Waals surface area contributed by atoms with Crippen molar-refractivity contribution in [2.75, 3.05) is 0 Å². The molecule has 1 radical (unpaired) electrons. The van der Waals surface area contributed by atoms with E-state index in [1.807, 2.05) is 0 Å².